The van der Waals surface area contributed by atoms with Crippen LogP contribution in [0.2, 0.25) is 0 Å². The number of benzene rings is 2. The molecule has 5 nitrogen and oxygen atoms in total. The van der Waals surface area contributed by atoms with Crippen LogP contribution >= 0.6 is 0 Å². The van der Waals surface area contributed by atoms with Gasteiger partial charge in [-0.15, -0.1) is 0 Å². The third-order valence-corrected chi connectivity index (χ3v) is 3.67. The van der Waals surface area contributed by atoms with Gasteiger partial charge in [-0.05, 0) is 35.9 Å². The van der Waals surface area contributed by atoms with Crippen LogP contribution in [0.15, 0.2) is 72.9 Å². The van der Waals surface area contributed by atoms with Crippen molar-refractivity contribution < 1.29 is 9.53 Å². The van der Waals surface area contributed by atoms with Crippen molar-refractivity contribution in [2.45, 2.75) is 6.54 Å². The van der Waals surface area contributed by atoms with Gasteiger partial charge >= 0.3 is 0 Å². The van der Waals surface area contributed by atoms with Gasteiger partial charge in [0, 0.05) is 12.1 Å². The van der Waals surface area contributed by atoms with Crippen LogP contribution < -0.4 is 15.4 Å². The molecule has 25 heavy (non-hydrogen) atoms. The average Bonchev–Trinajstić information content (AvgIpc) is 2.68. The minimum absolute atomic E-state index is 0.203. The SMILES string of the molecule is COc1cccc(C(=O)Nc2ccc(NCc3ccccc3)nc2)c1. The lowest BCUT2D eigenvalue weighted by Crippen LogP contribution is -2.12. The maximum atomic E-state index is 12.3. The summed E-state index contributed by atoms with van der Waals surface area (Å²) in [5.74, 6) is 1.19. The van der Waals surface area contributed by atoms with Gasteiger partial charge in [0.15, 0.2) is 0 Å². The zero-order valence-electron chi connectivity index (χ0n) is 13.9. The highest BCUT2D eigenvalue weighted by Gasteiger charge is 2.07. The number of hydrogen-bond donors (Lipinski definition) is 2. The molecular formula is C20H19N3O2. The first-order valence-corrected chi connectivity index (χ1v) is 7.94. The molecule has 0 saturated heterocycles. The van der Waals surface area contributed by atoms with Gasteiger partial charge in [-0.3, -0.25) is 4.79 Å². The molecule has 5 heteroatoms. The molecule has 3 aromatic rings. The third-order valence-electron chi connectivity index (χ3n) is 3.67. The van der Waals surface area contributed by atoms with Gasteiger partial charge in [0.25, 0.3) is 5.91 Å². The number of ether oxygens (including phenoxy) is 1. The standard InChI is InChI=1S/C20H19N3O2/c1-25-18-9-5-8-16(12-18)20(24)23-17-10-11-19(22-14-17)21-13-15-6-3-2-4-7-15/h2-12,14H,13H2,1H3,(H,21,22)(H,23,24). The molecule has 1 heterocycles. The molecule has 3 rings (SSSR count). The quantitative estimate of drug-likeness (QED) is 0.717. The maximum absolute atomic E-state index is 12.3. The molecule has 126 valence electrons. The minimum Gasteiger partial charge on any atom is -0.497 e. The number of hydrogen-bond acceptors (Lipinski definition) is 4. The second-order valence-corrected chi connectivity index (χ2v) is 5.46. The summed E-state index contributed by atoms with van der Waals surface area (Å²) in [4.78, 5) is 16.6. The second-order valence-electron chi connectivity index (χ2n) is 5.46. The topological polar surface area (TPSA) is 63.2 Å². The van der Waals surface area contributed by atoms with Crippen LogP contribution in [0.1, 0.15) is 15.9 Å². The zero-order valence-corrected chi connectivity index (χ0v) is 13.9. The van der Waals surface area contributed by atoms with Crippen molar-refractivity contribution in [2.75, 3.05) is 17.7 Å². The largest absolute Gasteiger partial charge is 0.497 e. The lowest BCUT2D eigenvalue weighted by Gasteiger charge is -2.08. The Morgan fingerprint density at radius 3 is 2.60 bits per heavy atom. The molecule has 0 saturated carbocycles. The molecule has 1 amide bonds. The van der Waals surface area contributed by atoms with Crippen molar-refractivity contribution >= 4 is 17.4 Å². The van der Waals surface area contributed by atoms with Gasteiger partial charge in [-0.1, -0.05) is 36.4 Å². The predicted octanol–water partition coefficient (Wildman–Crippen LogP) is 3.95. The van der Waals surface area contributed by atoms with E-state index in [9.17, 15) is 4.79 Å². The van der Waals surface area contributed by atoms with E-state index < -0.39 is 0 Å². The Labute approximate surface area is 146 Å². The summed E-state index contributed by atoms with van der Waals surface area (Å²) in [5, 5.41) is 6.07. The van der Waals surface area contributed by atoms with Gasteiger partial charge in [-0.2, -0.15) is 0 Å². The molecule has 0 atom stereocenters. The molecule has 0 bridgehead atoms. The van der Waals surface area contributed by atoms with Crippen LogP contribution in [0.3, 0.4) is 0 Å². The molecule has 0 aliphatic heterocycles. The number of amides is 1. The fourth-order valence-electron chi connectivity index (χ4n) is 2.33. The number of anilines is 2. The number of nitrogens with zero attached hydrogens (tertiary/aromatic N) is 1. The number of carbonyl (C=O) groups excluding carboxylic acids is 1. The molecule has 2 N–H and O–H groups in total. The summed E-state index contributed by atoms with van der Waals surface area (Å²) < 4.78 is 5.13. The van der Waals surface area contributed by atoms with Crippen molar-refractivity contribution in [2.24, 2.45) is 0 Å². The first kappa shape index (κ1) is 16.5. The first-order chi connectivity index (χ1) is 12.2. The molecule has 0 unspecified atom stereocenters. The van der Waals surface area contributed by atoms with E-state index in [1.165, 1.54) is 5.56 Å². The van der Waals surface area contributed by atoms with E-state index in [-0.39, 0.29) is 5.91 Å². The van der Waals surface area contributed by atoms with Crippen molar-refractivity contribution in [1.82, 2.24) is 4.98 Å². The number of carbonyl (C=O) groups is 1. The zero-order chi connectivity index (χ0) is 17.5. The second kappa shape index (κ2) is 7.97. The van der Waals surface area contributed by atoms with Gasteiger partial charge in [0.05, 0.1) is 19.0 Å². The fraction of sp³-hybridized carbons (Fsp3) is 0.100. The Morgan fingerprint density at radius 2 is 1.88 bits per heavy atom. The summed E-state index contributed by atoms with van der Waals surface area (Å²) in [6.45, 7) is 0.698. The Balaban J connectivity index is 1.59. The maximum Gasteiger partial charge on any atom is 0.255 e. The highest BCUT2D eigenvalue weighted by Crippen LogP contribution is 2.15. The number of methoxy groups -OCH3 is 1. The van der Waals surface area contributed by atoms with Crippen LogP contribution in [0.25, 0.3) is 0 Å². The van der Waals surface area contributed by atoms with E-state index in [1.807, 2.05) is 30.3 Å². The average molecular weight is 333 g/mol. The first-order valence-electron chi connectivity index (χ1n) is 7.94. The monoisotopic (exact) mass is 333 g/mol. The van der Waals surface area contributed by atoms with Crippen molar-refractivity contribution in [3.05, 3.63) is 84.1 Å². The molecule has 0 radical (unpaired) electrons. The number of rotatable bonds is 6. The van der Waals surface area contributed by atoms with Crippen molar-refractivity contribution in [3.63, 3.8) is 0 Å². The summed E-state index contributed by atoms with van der Waals surface area (Å²) in [6, 6.07) is 20.8. The van der Waals surface area contributed by atoms with Crippen molar-refractivity contribution in [1.29, 1.82) is 0 Å². The summed E-state index contributed by atoms with van der Waals surface area (Å²) >= 11 is 0. The van der Waals surface area contributed by atoms with Crippen LogP contribution in [0, 0.1) is 0 Å². The van der Waals surface area contributed by atoms with Gasteiger partial charge in [0.1, 0.15) is 11.6 Å². The van der Waals surface area contributed by atoms with Crippen LogP contribution in [-0.4, -0.2) is 18.0 Å². The normalized spacial score (nSPS) is 10.1. The molecular weight excluding hydrogens is 314 g/mol. The van der Waals surface area contributed by atoms with Gasteiger partial charge in [0.2, 0.25) is 0 Å². The summed E-state index contributed by atoms with van der Waals surface area (Å²) in [5.41, 5.74) is 2.35. The van der Waals surface area contributed by atoms with Crippen molar-refractivity contribution in [3.8, 4) is 5.75 Å². The number of nitrogens with one attached hydrogen (secondary N) is 2. The smallest absolute Gasteiger partial charge is 0.255 e. The highest BCUT2D eigenvalue weighted by molar-refractivity contribution is 6.04. The Morgan fingerprint density at radius 1 is 1.04 bits per heavy atom. The molecule has 0 spiro atoms. The number of pyridine rings is 1. The fourth-order valence-corrected chi connectivity index (χ4v) is 2.33. The molecule has 2 aromatic carbocycles. The van der Waals surface area contributed by atoms with E-state index in [0.717, 1.165) is 5.82 Å². The minimum atomic E-state index is -0.203. The van der Waals surface area contributed by atoms with Crippen LogP contribution in [0.4, 0.5) is 11.5 Å². The molecule has 0 aliphatic carbocycles. The molecule has 0 fully saturated rings. The van der Waals surface area contributed by atoms with E-state index in [1.54, 1.807) is 37.6 Å². The van der Waals surface area contributed by atoms with Crippen LogP contribution in [-0.2, 0) is 6.54 Å². The lowest BCUT2D eigenvalue weighted by molar-refractivity contribution is 0.102. The van der Waals surface area contributed by atoms with Gasteiger partial charge in [-0.25, -0.2) is 4.98 Å². The van der Waals surface area contributed by atoms with Gasteiger partial charge < -0.3 is 15.4 Å². The summed E-state index contributed by atoms with van der Waals surface area (Å²) in [6.07, 6.45) is 1.63. The molecule has 0 aliphatic rings. The Hall–Kier alpha value is -3.34. The summed E-state index contributed by atoms with van der Waals surface area (Å²) in [7, 11) is 1.57. The Bertz CT molecular complexity index is 833. The van der Waals surface area contributed by atoms with Crippen LogP contribution in [0.5, 0.6) is 5.75 Å². The highest BCUT2D eigenvalue weighted by atomic mass is 16.5. The van der Waals surface area contributed by atoms with E-state index in [4.69, 9.17) is 4.74 Å². The predicted molar refractivity (Wildman–Crippen MR) is 99.0 cm³/mol. The lowest BCUT2D eigenvalue weighted by atomic mass is 10.2. The molecule has 1 aromatic heterocycles. The third kappa shape index (κ3) is 4.57. The Kier molecular flexibility index (Phi) is 5.26. The van der Waals surface area contributed by atoms with E-state index in [2.05, 4.69) is 27.8 Å². The van der Waals surface area contributed by atoms with E-state index >= 15 is 0 Å². The number of aromatic nitrogens is 1. The van der Waals surface area contributed by atoms with E-state index in [0.29, 0.717) is 23.5 Å².